The van der Waals surface area contributed by atoms with Gasteiger partial charge in [0.1, 0.15) is 0 Å². The summed E-state index contributed by atoms with van der Waals surface area (Å²) >= 11 is 0. The molecule has 0 spiro atoms. The highest BCUT2D eigenvalue weighted by Gasteiger charge is 2.11. The Hall–Kier alpha value is -2.13. The fourth-order valence-electron chi connectivity index (χ4n) is 2.56. The summed E-state index contributed by atoms with van der Waals surface area (Å²) in [5, 5.41) is 6.13. The Kier molecular flexibility index (Phi) is 3.79. The molecule has 0 saturated carbocycles. The molecule has 0 amide bonds. The van der Waals surface area contributed by atoms with Crippen molar-refractivity contribution < 1.29 is 0 Å². The predicted molar refractivity (Wildman–Crippen MR) is 82.6 cm³/mol. The van der Waals surface area contributed by atoms with E-state index in [4.69, 9.17) is 0 Å². The van der Waals surface area contributed by atoms with E-state index in [0.29, 0.717) is 6.04 Å². The van der Waals surface area contributed by atoms with E-state index in [1.807, 2.05) is 18.7 Å². The second kappa shape index (κ2) is 5.88. The molecule has 0 saturated heterocycles. The van der Waals surface area contributed by atoms with Crippen LogP contribution in [0.4, 0.5) is 0 Å². The van der Waals surface area contributed by atoms with Crippen molar-refractivity contribution in [2.75, 3.05) is 6.54 Å². The Morgan fingerprint density at radius 1 is 1.15 bits per heavy atom. The number of aromatic nitrogens is 2. The Morgan fingerprint density at radius 3 is 2.75 bits per heavy atom. The van der Waals surface area contributed by atoms with Crippen LogP contribution in [0.2, 0.25) is 0 Å². The van der Waals surface area contributed by atoms with Crippen molar-refractivity contribution in [3.8, 4) is 0 Å². The Bertz CT molecular complexity index is 674. The topological polar surface area (TPSA) is 29.9 Å². The number of benzene rings is 2. The zero-order chi connectivity index (χ0) is 13.8. The molecule has 1 atom stereocenters. The van der Waals surface area contributed by atoms with Crippen LogP contribution in [0.1, 0.15) is 18.5 Å². The molecule has 1 aromatic heterocycles. The molecule has 2 aromatic carbocycles. The van der Waals surface area contributed by atoms with Crippen LogP contribution < -0.4 is 5.32 Å². The number of likely N-dealkylation sites (N-methyl/N-ethyl adjacent to an activating group) is 1. The maximum atomic E-state index is 4.11. The number of hydrogen-bond acceptors (Lipinski definition) is 2. The van der Waals surface area contributed by atoms with Crippen LogP contribution in [0.25, 0.3) is 10.8 Å². The van der Waals surface area contributed by atoms with Crippen molar-refractivity contribution in [2.45, 2.75) is 19.5 Å². The third-order valence-corrected chi connectivity index (χ3v) is 3.58. The van der Waals surface area contributed by atoms with Crippen LogP contribution in [0.15, 0.2) is 61.2 Å². The maximum absolute atomic E-state index is 4.11. The van der Waals surface area contributed by atoms with Gasteiger partial charge in [0.15, 0.2) is 0 Å². The average Bonchev–Trinajstić information content (AvgIpc) is 2.99. The first-order valence-corrected chi connectivity index (χ1v) is 7.04. The monoisotopic (exact) mass is 265 g/mol. The lowest BCUT2D eigenvalue weighted by molar-refractivity contribution is 0.475. The number of hydrogen-bond donors (Lipinski definition) is 1. The van der Waals surface area contributed by atoms with Crippen molar-refractivity contribution in [3.63, 3.8) is 0 Å². The molecule has 3 rings (SSSR count). The maximum Gasteiger partial charge on any atom is 0.0946 e. The average molecular weight is 265 g/mol. The quantitative estimate of drug-likeness (QED) is 0.766. The van der Waals surface area contributed by atoms with Crippen molar-refractivity contribution in [2.24, 2.45) is 0 Å². The van der Waals surface area contributed by atoms with E-state index >= 15 is 0 Å². The highest BCUT2D eigenvalue weighted by atomic mass is 15.1. The first kappa shape index (κ1) is 12.9. The van der Waals surface area contributed by atoms with Crippen LogP contribution in [-0.2, 0) is 6.54 Å². The summed E-state index contributed by atoms with van der Waals surface area (Å²) in [5.74, 6) is 0. The number of nitrogens with one attached hydrogen (secondary N) is 1. The molecular formula is C17H19N3. The molecule has 0 radical (unpaired) electrons. The Balaban J connectivity index is 1.91. The minimum Gasteiger partial charge on any atom is -0.336 e. The number of fused-ring (bicyclic) bond motifs is 1. The molecule has 1 unspecified atom stereocenters. The molecule has 1 N–H and O–H groups in total. The van der Waals surface area contributed by atoms with Gasteiger partial charge in [-0.15, -0.1) is 0 Å². The van der Waals surface area contributed by atoms with Gasteiger partial charge in [0.25, 0.3) is 0 Å². The van der Waals surface area contributed by atoms with Gasteiger partial charge in [0.2, 0.25) is 0 Å². The van der Waals surface area contributed by atoms with E-state index < -0.39 is 0 Å². The molecule has 3 heteroatoms. The molecule has 0 aliphatic heterocycles. The number of nitrogens with zero attached hydrogens (tertiary/aromatic N) is 2. The van der Waals surface area contributed by atoms with E-state index in [-0.39, 0.29) is 0 Å². The zero-order valence-electron chi connectivity index (χ0n) is 11.7. The summed E-state index contributed by atoms with van der Waals surface area (Å²) in [6, 6.07) is 15.5. The second-order valence-electron chi connectivity index (χ2n) is 4.98. The van der Waals surface area contributed by atoms with Gasteiger partial charge in [0.05, 0.1) is 12.4 Å². The van der Waals surface area contributed by atoms with Crippen molar-refractivity contribution in [3.05, 3.63) is 66.7 Å². The molecule has 20 heavy (non-hydrogen) atoms. The Morgan fingerprint density at radius 2 is 2.00 bits per heavy atom. The van der Waals surface area contributed by atoms with Gasteiger partial charge in [-0.25, -0.2) is 4.98 Å². The summed E-state index contributed by atoms with van der Waals surface area (Å²) in [4.78, 5) is 4.11. The molecule has 0 aliphatic carbocycles. The second-order valence-corrected chi connectivity index (χ2v) is 4.98. The molecule has 102 valence electrons. The smallest absolute Gasteiger partial charge is 0.0946 e. The van der Waals surface area contributed by atoms with Crippen molar-refractivity contribution >= 4 is 10.8 Å². The fraction of sp³-hybridized carbons (Fsp3) is 0.235. The third-order valence-electron chi connectivity index (χ3n) is 3.58. The normalized spacial score (nSPS) is 12.7. The number of imidazole rings is 1. The minimum absolute atomic E-state index is 0.304. The summed E-state index contributed by atoms with van der Waals surface area (Å²) < 4.78 is 2.11. The summed E-state index contributed by atoms with van der Waals surface area (Å²) in [6.07, 6.45) is 5.69. The van der Waals surface area contributed by atoms with Crippen molar-refractivity contribution in [1.82, 2.24) is 14.9 Å². The molecule has 0 fully saturated rings. The fourth-order valence-corrected chi connectivity index (χ4v) is 2.56. The first-order valence-electron chi connectivity index (χ1n) is 7.04. The van der Waals surface area contributed by atoms with Crippen molar-refractivity contribution in [1.29, 1.82) is 0 Å². The molecule has 0 aliphatic rings. The molecule has 3 aromatic rings. The van der Waals surface area contributed by atoms with Gasteiger partial charge in [-0.3, -0.25) is 0 Å². The SMILES string of the molecule is CCNC(Cn1ccnc1)c1ccc2ccccc2c1. The minimum atomic E-state index is 0.304. The van der Waals surface area contributed by atoms with Gasteiger partial charge < -0.3 is 9.88 Å². The lowest BCUT2D eigenvalue weighted by atomic mass is 10.0. The van der Waals surface area contributed by atoms with E-state index in [2.05, 4.69) is 64.3 Å². The van der Waals surface area contributed by atoms with Gasteiger partial charge >= 0.3 is 0 Å². The van der Waals surface area contributed by atoms with Crippen LogP contribution in [-0.4, -0.2) is 16.1 Å². The van der Waals surface area contributed by atoms with Gasteiger partial charge in [-0.1, -0.05) is 43.3 Å². The predicted octanol–water partition coefficient (Wildman–Crippen LogP) is 3.39. The largest absolute Gasteiger partial charge is 0.336 e. The highest BCUT2D eigenvalue weighted by Crippen LogP contribution is 2.21. The van der Waals surface area contributed by atoms with E-state index in [1.165, 1.54) is 16.3 Å². The van der Waals surface area contributed by atoms with Gasteiger partial charge in [-0.2, -0.15) is 0 Å². The molecule has 3 nitrogen and oxygen atoms in total. The van der Waals surface area contributed by atoms with Crippen LogP contribution in [0, 0.1) is 0 Å². The Labute approximate surface area is 119 Å². The first-order chi connectivity index (χ1) is 9.86. The summed E-state index contributed by atoms with van der Waals surface area (Å²) in [6.45, 7) is 3.99. The lowest BCUT2D eigenvalue weighted by Gasteiger charge is -2.19. The van der Waals surface area contributed by atoms with Crippen LogP contribution in [0.5, 0.6) is 0 Å². The zero-order valence-corrected chi connectivity index (χ0v) is 11.7. The van der Waals surface area contributed by atoms with Crippen LogP contribution >= 0.6 is 0 Å². The number of rotatable bonds is 5. The van der Waals surface area contributed by atoms with Gasteiger partial charge in [0, 0.05) is 18.9 Å². The van der Waals surface area contributed by atoms with Crippen LogP contribution in [0.3, 0.4) is 0 Å². The molecule has 0 bridgehead atoms. The van der Waals surface area contributed by atoms with E-state index in [9.17, 15) is 0 Å². The molecular weight excluding hydrogens is 246 g/mol. The highest BCUT2D eigenvalue weighted by molar-refractivity contribution is 5.83. The summed E-state index contributed by atoms with van der Waals surface area (Å²) in [7, 11) is 0. The summed E-state index contributed by atoms with van der Waals surface area (Å²) in [5.41, 5.74) is 1.32. The third kappa shape index (κ3) is 2.73. The standard InChI is InChI=1S/C17H19N3/c1-2-19-17(12-20-10-9-18-13-20)16-8-7-14-5-3-4-6-15(14)11-16/h3-11,13,17,19H,2,12H2,1H3. The lowest BCUT2D eigenvalue weighted by Crippen LogP contribution is -2.25. The van der Waals surface area contributed by atoms with E-state index in [0.717, 1.165) is 13.1 Å². The van der Waals surface area contributed by atoms with E-state index in [1.54, 1.807) is 0 Å². The molecule has 1 heterocycles. The van der Waals surface area contributed by atoms with Gasteiger partial charge in [-0.05, 0) is 28.9 Å².